The SMILES string of the molecule is Cc1cccc(C(=O)O)c1-c1ccc(OC(F)(F)F)cc1. The van der Waals surface area contributed by atoms with Gasteiger partial charge < -0.3 is 9.84 Å². The van der Waals surface area contributed by atoms with Gasteiger partial charge in [-0.05, 0) is 41.8 Å². The molecule has 0 bridgehead atoms. The number of halogens is 3. The molecule has 0 atom stereocenters. The summed E-state index contributed by atoms with van der Waals surface area (Å²) in [5.74, 6) is -1.44. The van der Waals surface area contributed by atoms with E-state index in [2.05, 4.69) is 4.74 Å². The molecular formula is C15H11F3O3. The highest BCUT2D eigenvalue weighted by Crippen LogP contribution is 2.30. The van der Waals surface area contributed by atoms with Gasteiger partial charge >= 0.3 is 12.3 Å². The second-order valence-corrected chi connectivity index (χ2v) is 4.37. The third kappa shape index (κ3) is 3.53. The molecule has 110 valence electrons. The zero-order chi connectivity index (χ0) is 15.6. The summed E-state index contributed by atoms with van der Waals surface area (Å²) in [4.78, 5) is 11.2. The van der Waals surface area contributed by atoms with Crippen LogP contribution < -0.4 is 4.74 Å². The summed E-state index contributed by atoms with van der Waals surface area (Å²) in [6.45, 7) is 1.74. The van der Waals surface area contributed by atoms with Gasteiger partial charge in [0.2, 0.25) is 0 Å². The molecule has 6 heteroatoms. The number of rotatable bonds is 3. The number of aromatic carboxylic acids is 1. The number of alkyl halides is 3. The molecule has 21 heavy (non-hydrogen) atoms. The van der Waals surface area contributed by atoms with Crippen LogP contribution in [0, 0.1) is 6.92 Å². The average molecular weight is 296 g/mol. The van der Waals surface area contributed by atoms with Gasteiger partial charge in [0.15, 0.2) is 0 Å². The maximum atomic E-state index is 12.1. The summed E-state index contributed by atoms with van der Waals surface area (Å²) in [5.41, 5.74) is 1.81. The summed E-state index contributed by atoms with van der Waals surface area (Å²) in [6, 6.07) is 9.91. The molecule has 0 amide bonds. The van der Waals surface area contributed by atoms with Gasteiger partial charge in [-0.25, -0.2) is 4.79 Å². The van der Waals surface area contributed by atoms with Crippen LogP contribution in [-0.2, 0) is 0 Å². The lowest BCUT2D eigenvalue weighted by molar-refractivity contribution is -0.274. The molecule has 0 heterocycles. The lowest BCUT2D eigenvalue weighted by Crippen LogP contribution is -2.16. The monoisotopic (exact) mass is 296 g/mol. The van der Waals surface area contributed by atoms with Crippen LogP contribution >= 0.6 is 0 Å². The molecule has 2 rings (SSSR count). The van der Waals surface area contributed by atoms with Crippen molar-refractivity contribution in [3.63, 3.8) is 0 Å². The highest BCUT2D eigenvalue weighted by Gasteiger charge is 2.31. The van der Waals surface area contributed by atoms with E-state index in [9.17, 15) is 23.1 Å². The fourth-order valence-corrected chi connectivity index (χ4v) is 2.05. The summed E-state index contributed by atoms with van der Waals surface area (Å²) >= 11 is 0. The Morgan fingerprint density at radius 2 is 1.71 bits per heavy atom. The minimum absolute atomic E-state index is 0.0967. The molecule has 0 fully saturated rings. The van der Waals surface area contributed by atoms with Crippen molar-refractivity contribution in [2.75, 3.05) is 0 Å². The van der Waals surface area contributed by atoms with Crippen LogP contribution in [0.25, 0.3) is 11.1 Å². The molecule has 3 nitrogen and oxygen atoms in total. The van der Waals surface area contributed by atoms with Crippen molar-refractivity contribution >= 4 is 5.97 Å². The topological polar surface area (TPSA) is 46.5 Å². The van der Waals surface area contributed by atoms with Gasteiger partial charge in [0.1, 0.15) is 5.75 Å². The van der Waals surface area contributed by atoms with Gasteiger partial charge in [0, 0.05) is 0 Å². The van der Waals surface area contributed by atoms with Crippen LogP contribution in [0.5, 0.6) is 5.75 Å². The number of carbonyl (C=O) groups is 1. The predicted octanol–water partition coefficient (Wildman–Crippen LogP) is 4.26. The standard InChI is InChI=1S/C15H11F3O3/c1-9-3-2-4-12(14(19)20)13(9)10-5-7-11(8-6-10)21-15(16,17)18/h2-8H,1H3,(H,19,20). The van der Waals surface area contributed by atoms with E-state index in [-0.39, 0.29) is 11.3 Å². The smallest absolute Gasteiger partial charge is 0.478 e. The fraction of sp³-hybridized carbons (Fsp3) is 0.133. The summed E-state index contributed by atoms with van der Waals surface area (Å²) in [6.07, 6.45) is -4.75. The molecule has 0 aliphatic carbocycles. The Kier molecular flexibility index (Phi) is 3.88. The Hall–Kier alpha value is -2.50. The summed E-state index contributed by atoms with van der Waals surface area (Å²) in [7, 11) is 0. The highest BCUT2D eigenvalue weighted by molar-refractivity contribution is 5.97. The predicted molar refractivity (Wildman–Crippen MR) is 70.3 cm³/mol. The zero-order valence-corrected chi connectivity index (χ0v) is 10.9. The lowest BCUT2D eigenvalue weighted by Gasteiger charge is -2.12. The van der Waals surface area contributed by atoms with Crippen LogP contribution in [0.4, 0.5) is 13.2 Å². The van der Waals surface area contributed by atoms with E-state index in [1.165, 1.54) is 18.2 Å². The van der Waals surface area contributed by atoms with Crippen molar-refractivity contribution in [3.8, 4) is 16.9 Å². The molecule has 0 spiro atoms. The number of hydrogen-bond donors (Lipinski definition) is 1. The van der Waals surface area contributed by atoms with E-state index in [1.54, 1.807) is 19.1 Å². The quantitative estimate of drug-likeness (QED) is 0.920. The van der Waals surface area contributed by atoms with Crippen LogP contribution in [0.1, 0.15) is 15.9 Å². The Balaban J connectivity index is 2.42. The van der Waals surface area contributed by atoms with Crippen molar-refractivity contribution in [1.29, 1.82) is 0 Å². The molecule has 0 aromatic heterocycles. The minimum Gasteiger partial charge on any atom is -0.478 e. The Labute approximate surface area is 118 Å². The van der Waals surface area contributed by atoms with E-state index in [4.69, 9.17) is 0 Å². The van der Waals surface area contributed by atoms with Gasteiger partial charge in [0.25, 0.3) is 0 Å². The number of carboxylic acids is 1. The van der Waals surface area contributed by atoms with E-state index < -0.39 is 12.3 Å². The Bertz CT molecular complexity index is 661. The first-order valence-electron chi connectivity index (χ1n) is 5.97. The third-order valence-electron chi connectivity index (χ3n) is 2.88. The molecule has 1 N–H and O–H groups in total. The number of hydrogen-bond acceptors (Lipinski definition) is 2. The van der Waals surface area contributed by atoms with E-state index >= 15 is 0 Å². The molecule has 0 saturated heterocycles. The first-order chi connectivity index (χ1) is 9.78. The molecule has 0 aliphatic rings. The number of carboxylic acid groups (broad SMARTS) is 1. The molecule has 2 aromatic carbocycles. The molecular weight excluding hydrogens is 285 g/mol. The Morgan fingerprint density at radius 1 is 1.10 bits per heavy atom. The van der Waals surface area contributed by atoms with E-state index in [0.717, 1.165) is 17.7 Å². The zero-order valence-electron chi connectivity index (χ0n) is 10.9. The van der Waals surface area contributed by atoms with E-state index in [0.29, 0.717) is 11.1 Å². The average Bonchev–Trinajstić information content (AvgIpc) is 2.37. The molecule has 0 radical (unpaired) electrons. The van der Waals surface area contributed by atoms with Crippen molar-refractivity contribution in [3.05, 3.63) is 53.6 Å². The van der Waals surface area contributed by atoms with Gasteiger partial charge in [0.05, 0.1) is 5.56 Å². The lowest BCUT2D eigenvalue weighted by atomic mass is 9.95. The summed E-state index contributed by atoms with van der Waals surface area (Å²) in [5, 5.41) is 9.19. The maximum absolute atomic E-state index is 12.1. The van der Waals surface area contributed by atoms with Gasteiger partial charge in [-0.3, -0.25) is 0 Å². The normalized spacial score (nSPS) is 11.2. The largest absolute Gasteiger partial charge is 0.573 e. The van der Waals surface area contributed by atoms with Crippen molar-refractivity contribution in [2.24, 2.45) is 0 Å². The molecule has 2 aromatic rings. The molecule has 0 aliphatic heterocycles. The van der Waals surface area contributed by atoms with Crippen molar-refractivity contribution in [2.45, 2.75) is 13.3 Å². The first-order valence-corrected chi connectivity index (χ1v) is 5.97. The second-order valence-electron chi connectivity index (χ2n) is 4.37. The van der Waals surface area contributed by atoms with Gasteiger partial charge in [-0.15, -0.1) is 13.2 Å². The Morgan fingerprint density at radius 3 is 2.24 bits per heavy atom. The van der Waals surface area contributed by atoms with E-state index in [1.807, 2.05) is 0 Å². The van der Waals surface area contributed by atoms with Crippen molar-refractivity contribution < 1.29 is 27.8 Å². The van der Waals surface area contributed by atoms with Crippen LogP contribution in [0.15, 0.2) is 42.5 Å². The highest BCUT2D eigenvalue weighted by atomic mass is 19.4. The number of aryl methyl sites for hydroxylation is 1. The van der Waals surface area contributed by atoms with Crippen LogP contribution in [-0.4, -0.2) is 17.4 Å². The number of ether oxygens (including phenoxy) is 1. The number of benzene rings is 2. The van der Waals surface area contributed by atoms with Crippen molar-refractivity contribution in [1.82, 2.24) is 0 Å². The minimum atomic E-state index is -4.75. The van der Waals surface area contributed by atoms with Crippen LogP contribution in [0.2, 0.25) is 0 Å². The van der Waals surface area contributed by atoms with Gasteiger partial charge in [-0.1, -0.05) is 24.3 Å². The molecule has 0 saturated carbocycles. The first kappa shape index (κ1) is 14.9. The fourth-order valence-electron chi connectivity index (χ4n) is 2.05. The molecule has 0 unspecified atom stereocenters. The van der Waals surface area contributed by atoms with Gasteiger partial charge in [-0.2, -0.15) is 0 Å². The van der Waals surface area contributed by atoms with Crippen LogP contribution in [0.3, 0.4) is 0 Å². The second kappa shape index (κ2) is 5.47. The maximum Gasteiger partial charge on any atom is 0.573 e. The third-order valence-corrected chi connectivity index (χ3v) is 2.88. The summed E-state index contributed by atoms with van der Waals surface area (Å²) < 4.78 is 40.1.